The summed E-state index contributed by atoms with van der Waals surface area (Å²) in [4.78, 5) is 13.3. The molecule has 1 saturated heterocycles. The number of nitrogens with zero attached hydrogens (tertiary/aromatic N) is 1. The van der Waals surface area contributed by atoms with Crippen LogP contribution in [0, 0.1) is 17.5 Å². The fourth-order valence-corrected chi connectivity index (χ4v) is 2.65. The van der Waals surface area contributed by atoms with Crippen molar-refractivity contribution < 1.29 is 27.1 Å². The van der Waals surface area contributed by atoms with Crippen molar-refractivity contribution in [1.29, 1.82) is 0 Å². The number of carbonyl (C=O) groups is 1. The second kappa shape index (κ2) is 6.61. The summed E-state index contributed by atoms with van der Waals surface area (Å²) >= 11 is 0. The molecule has 0 N–H and O–H groups in total. The lowest BCUT2D eigenvalue weighted by molar-refractivity contribution is 0.00303. The number of halogens is 4. The molecule has 1 fully saturated rings. The SMILES string of the molecule is CC(C)(C)OC(=O)N1CCC(F)(Cc2c(F)cc(F)cc2F)CC1. The van der Waals surface area contributed by atoms with Crippen LogP contribution in [-0.2, 0) is 11.2 Å². The zero-order valence-corrected chi connectivity index (χ0v) is 14.0. The van der Waals surface area contributed by atoms with Gasteiger partial charge in [0, 0.05) is 37.2 Å². The molecule has 0 saturated carbocycles. The second-order valence-corrected chi connectivity index (χ2v) is 7.14. The monoisotopic (exact) mass is 347 g/mol. The number of hydrogen-bond acceptors (Lipinski definition) is 2. The largest absolute Gasteiger partial charge is 0.444 e. The van der Waals surface area contributed by atoms with Gasteiger partial charge in [0.1, 0.15) is 28.7 Å². The predicted molar refractivity (Wildman–Crippen MR) is 80.9 cm³/mol. The number of likely N-dealkylation sites (tertiary alicyclic amines) is 1. The zero-order valence-electron chi connectivity index (χ0n) is 14.0. The average molecular weight is 347 g/mol. The molecule has 0 unspecified atom stereocenters. The molecule has 1 amide bonds. The molecule has 0 aromatic heterocycles. The summed E-state index contributed by atoms with van der Waals surface area (Å²) in [5.41, 5.74) is -2.97. The summed E-state index contributed by atoms with van der Waals surface area (Å²) in [5.74, 6) is -3.24. The highest BCUT2D eigenvalue weighted by Gasteiger charge is 2.38. The van der Waals surface area contributed by atoms with E-state index >= 15 is 0 Å². The molecule has 3 nitrogen and oxygen atoms in total. The number of hydrogen-bond donors (Lipinski definition) is 0. The first kappa shape index (κ1) is 18.5. The van der Waals surface area contributed by atoms with Crippen LogP contribution >= 0.6 is 0 Å². The Balaban J connectivity index is 2.01. The maximum absolute atomic E-state index is 14.9. The zero-order chi connectivity index (χ0) is 18.1. The summed E-state index contributed by atoms with van der Waals surface area (Å²) in [6.07, 6.45) is -1.17. The van der Waals surface area contributed by atoms with E-state index in [2.05, 4.69) is 0 Å². The molecule has 0 atom stereocenters. The van der Waals surface area contributed by atoms with E-state index < -0.39 is 46.8 Å². The van der Waals surface area contributed by atoms with Crippen molar-refractivity contribution in [2.24, 2.45) is 0 Å². The molecule has 1 aliphatic heterocycles. The first-order chi connectivity index (χ1) is 11.0. The lowest BCUT2D eigenvalue weighted by Crippen LogP contribution is -2.47. The van der Waals surface area contributed by atoms with E-state index in [1.165, 1.54) is 4.90 Å². The third-order valence-electron chi connectivity index (χ3n) is 3.91. The minimum atomic E-state index is -1.85. The molecule has 1 aromatic carbocycles. The lowest BCUT2D eigenvalue weighted by atomic mass is 9.86. The van der Waals surface area contributed by atoms with Gasteiger partial charge in [-0.2, -0.15) is 0 Å². The molecular formula is C17H21F4NO2. The molecule has 2 rings (SSSR count). The third kappa shape index (κ3) is 4.61. The molecule has 24 heavy (non-hydrogen) atoms. The van der Waals surface area contributed by atoms with E-state index in [0.717, 1.165) is 0 Å². The minimum Gasteiger partial charge on any atom is -0.444 e. The summed E-state index contributed by atoms with van der Waals surface area (Å²) in [5, 5.41) is 0. The van der Waals surface area contributed by atoms with Crippen molar-refractivity contribution in [3.8, 4) is 0 Å². The van der Waals surface area contributed by atoms with Gasteiger partial charge < -0.3 is 9.64 Å². The Kier molecular flexibility index (Phi) is 5.11. The summed E-state index contributed by atoms with van der Waals surface area (Å²) in [6.45, 7) is 5.38. The van der Waals surface area contributed by atoms with Gasteiger partial charge in [-0.3, -0.25) is 0 Å². The van der Waals surface area contributed by atoms with Crippen molar-refractivity contribution in [2.75, 3.05) is 13.1 Å². The van der Waals surface area contributed by atoms with Gasteiger partial charge in [0.15, 0.2) is 0 Å². The van der Waals surface area contributed by atoms with E-state index in [0.29, 0.717) is 12.1 Å². The van der Waals surface area contributed by atoms with E-state index in [1.807, 2.05) is 0 Å². The van der Waals surface area contributed by atoms with Crippen LogP contribution in [-0.4, -0.2) is 35.4 Å². The van der Waals surface area contributed by atoms with Gasteiger partial charge in [0.2, 0.25) is 0 Å². The Morgan fingerprint density at radius 3 is 2.12 bits per heavy atom. The number of ether oxygens (including phenoxy) is 1. The van der Waals surface area contributed by atoms with Crippen LogP contribution in [0.3, 0.4) is 0 Å². The van der Waals surface area contributed by atoms with Crippen LogP contribution in [0.15, 0.2) is 12.1 Å². The quantitative estimate of drug-likeness (QED) is 0.743. The Morgan fingerprint density at radius 1 is 1.17 bits per heavy atom. The number of carbonyl (C=O) groups excluding carboxylic acids is 1. The number of piperidine rings is 1. The number of alkyl halides is 1. The lowest BCUT2D eigenvalue weighted by Gasteiger charge is -2.37. The Hall–Kier alpha value is -1.79. The fraction of sp³-hybridized carbons (Fsp3) is 0.588. The average Bonchev–Trinajstić information content (AvgIpc) is 2.41. The van der Waals surface area contributed by atoms with Crippen LogP contribution in [0.5, 0.6) is 0 Å². The summed E-state index contributed by atoms with van der Waals surface area (Å²) in [6, 6.07) is 1.08. The van der Waals surface area contributed by atoms with Crippen LogP contribution in [0.1, 0.15) is 39.2 Å². The first-order valence-corrected chi connectivity index (χ1v) is 7.79. The molecule has 0 aliphatic carbocycles. The van der Waals surface area contributed by atoms with Crippen LogP contribution in [0.25, 0.3) is 0 Å². The van der Waals surface area contributed by atoms with Crippen molar-refractivity contribution in [1.82, 2.24) is 4.90 Å². The van der Waals surface area contributed by atoms with Crippen LogP contribution in [0.2, 0.25) is 0 Å². The molecule has 1 heterocycles. The number of benzene rings is 1. The smallest absolute Gasteiger partial charge is 0.410 e. The van der Waals surface area contributed by atoms with Gasteiger partial charge in [-0.15, -0.1) is 0 Å². The summed E-state index contributed by atoms with van der Waals surface area (Å²) in [7, 11) is 0. The fourth-order valence-electron chi connectivity index (χ4n) is 2.65. The maximum Gasteiger partial charge on any atom is 0.410 e. The highest BCUT2D eigenvalue weighted by atomic mass is 19.2. The van der Waals surface area contributed by atoms with Gasteiger partial charge in [-0.05, 0) is 33.6 Å². The van der Waals surface area contributed by atoms with E-state index in [1.54, 1.807) is 20.8 Å². The Morgan fingerprint density at radius 2 is 1.67 bits per heavy atom. The molecule has 134 valence electrons. The molecule has 1 aromatic rings. The molecule has 0 radical (unpaired) electrons. The predicted octanol–water partition coefficient (Wildman–Crippen LogP) is 4.39. The van der Waals surface area contributed by atoms with Crippen molar-refractivity contribution in [3.63, 3.8) is 0 Å². The molecular weight excluding hydrogens is 326 g/mol. The third-order valence-corrected chi connectivity index (χ3v) is 3.91. The van der Waals surface area contributed by atoms with Gasteiger partial charge in [0.05, 0.1) is 0 Å². The van der Waals surface area contributed by atoms with Crippen LogP contribution in [0.4, 0.5) is 22.4 Å². The summed E-state index contributed by atoms with van der Waals surface area (Å²) < 4.78 is 60.4. The van der Waals surface area contributed by atoms with E-state index in [-0.39, 0.29) is 25.9 Å². The number of rotatable bonds is 2. The Labute approximate surface area is 138 Å². The van der Waals surface area contributed by atoms with E-state index in [9.17, 15) is 22.4 Å². The molecule has 1 aliphatic rings. The topological polar surface area (TPSA) is 29.5 Å². The van der Waals surface area contributed by atoms with Gasteiger partial charge in [-0.25, -0.2) is 22.4 Å². The van der Waals surface area contributed by atoms with Crippen molar-refractivity contribution >= 4 is 6.09 Å². The minimum absolute atomic E-state index is 0.0670. The molecule has 0 spiro atoms. The van der Waals surface area contributed by atoms with Crippen LogP contribution < -0.4 is 0 Å². The first-order valence-electron chi connectivity index (χ1n) is 7.79. The second-order valence-electron chi connectivity index (χ2n) is 7.14. The standard InChI is InChI=1S/C17H21F4NO2/c1-16(2,3)24-15(23)22-6-4-17(21,5-7-22)10-12-13(19)8-11(18)9-14(12)20/h8-9H,4-7,10H2,1-3H3. The van der Waals surface area contributed by atoms with Gasteiger partial charge in [0.25, 0.3) is 0 Å². The molecule has 0 bridgehead atoms. The maximum atomic E-state index is 14.9. The van der Waals surface area contributed by atoms with E-state index in [4.69, 9.17) is 4.74 Å². The Bertz CT molecular complexity index is 597. The normalized spacial score (nSPS) is 17.7. The number of amides is 1. The van der Waals surface area contributed by atoms with Crippen molar-refractivity contribution in [2.45, 2.75) is 51.3 Å². The van der Waals surface area contributed by atoms with Gasteiger partial charge >= 0.3 is 6.09 Å². The molecule has 7 heteroatoms. The highest BCUT2D eigenvalue weighted by molar-refractivity contribution is 5.68. The van der Waals surface area contributed by atoms with Gasteiger partial charge in [-0.1, -0.05) is 0 Å². The van der Waals surface area contributed by atoms with Crippen molar-refractivity contribution in [3.05, 3.63) is 35.1 Å². The highest BCUT2D eigenvalue weighted by Crippen LogP contribution is 2.32.